The SMILES string of the molecule is O=C(O)CCCCN1CCCCS1(=O)=O. The Hall–Kier alpha value is -0.620. The van der Waals surface area contributed by atoms with E-state index in [1.54, 1.807) is 0 Å². The topological polar surface area (TPSA) is 74.7 Å². The lowest BCUT2D eigenvalue weighted by atomic mass is 10.2. The van der Waals surface area contributed by atoms with Gasteiger partial charge < -0.3 is 5.11 Å². The highest BCUT2D eigenvalue weighted by Gasteiger charge is 2.24. The Labute approximate surface area is 90.1 Å². The van der Waals surface area contributed by atoms with Crippen molar-refractivity contribution in [2.75, 3.05) is 18.8 Å². The van der Waals surface area contributed by atoms with Crippen LogP contribution in [0, 0.1) is 0 Å². The summed E-state index contributed by atoms with van der Waals surface area (Å²) in [6.45, 7) is 1.06. The fourth-order valence-corrected chi connectivity index (χ4v) is 3.30. The molecule has 6 heteroatoms. The molecular formula is C9H17NO4S. The van der Waals surface area contributed by atoms with E-state index in [-0.39, 0.29) is 12.2 Å². The molecule has 88 valence electrons. The molecule has 1 N–H and O–H groups in total. The van der Waals surface area contributed by atoms with Gasteiger partial charge in [-0.3, -0.25) is 4.79 Å². The Morgan fingerprint density at radius 2 is 2.00 bits per heavy atom. The van der Waals surface area contributed by atoms with Crippen LogP contribution < -0.4 is 0 Å². The predicted octanol–water partition coefficient (Wildman–Crippen LogP) is 0.667. The van der Waals surface area contributed by atoms with Gasteiger partial charge in [-0.25, -0.2) is 12.7 Å². The molecule has 0 spiro atoms. The van der Waals surface area contributed by atoms with Crippen LogP contribution in [-0.2, 0) is 14.8 Å². The summed E-state index contributed by atoms with van der Waals surface area (Å²) in [5.41, 5.74) is 0. The smallest absolute Gasteiger partial charge is 0.303 e. The summed E-state index contributed by atoms with van der Waals surface area (Å²) < 4.78 is 24.5. The summed E-state index contributed by atoms with van der Waals surface area (Å²) >= 11 is 0. The summed E-state index contributed by atoms with van der Waals surface area (Å²) in [6.07, 6.45) is 2.95. The summed E-state index contributed by atoms with van der Waals surface area (Å²) in [6, 6.07) is 0. The molecule has 1 heterocycles. The van der Waals surface area contributed by atoms with Gasteiger partial charge in [-0.05, 0) is 25.7 Å². The minimum Gasteiger partial charge on any atom is -0.481 e. The van der Waals surface area contributed by atoms with Crippen molar-refractivity contribution in [3.8, 4) is 0 Å². The van der Waals surface area contributed by atoms with Crippen molar-refractivity contribution in [3.05, 3.63) is 0 Å². The van der Waals surface area contributed by atoms with Crippen LogP contribution in [0.15, 0.2) is 0 Å². The Morgan fingerprint density at radius 1 is 1.27 bits per heavy atom. The summed E-state index contributed by atoms with van der Waals surface area (Å²) in [4.78, 5) is 10.2. The molecular weight excluding hydrogens is 218 g/mol. The highest BCUT2D eigenvalue weighted by atomic mass is 32.2. The van der Waals surface area contributed by atoms with Gasteiger partial charge in [0.15, 0.2) is 0 Å². The van der Waals surface area contributed by atoms with Crippen LogP contribution in [0.5, 0.6) is 0 Å². The highest BCUT2D eigenvalue weighted by molar-refractivity contribution is 7.89. The molecule has 0 radical (unpaired) electrons. The number of nitrogens with zero attached hydrogens (tertiary/aromatic N) is 1. The van der Waals surface area contributed by atoms with E-state index in [0.29, 0.717) is 25.9 Å². The van der Waals surface area contributed by atoms with Crippen LogP contribution in [-0.4, -0.2) is 42.6 Å². The lowest BCUT2D eigenvalue weighted by Crippen LogP contribution is -2.38. The Bertz CT molecular complexity index is 312. The number of aliphatic carboxylic acids is 1. The lowest BCUT2D eigenvalue weighted by molar-refractivity contribution is -0.137. The maximum Gasteiger partial charge on any atom is 0.303 e. The van der Waals surface area contributed by atoms with E-state index < -0.39 is 16.0 Å². The molecule has 1 aliphatic heterocycles. The van der Waals surface area contributed by atoms with Crippen molar-refractivity contribution >= 4 is 16.0 Å². The van der Waals surface area contributed by atoms with Crippen LogP contribution in [0.4, 0.5) is 0 Å². The van der Waals surface area contributed by atoms with Gasteiger partial charge in [-0.15, -0.1) is 0 Å². The molecule has 0 saturated carbocycles. The van der Waals surface area contributed by atoms with Crippen LogP contribution in [0.25, 0.3) is 0 Å². The fraction of sp³-hybridized carbons (Fsp3) is 0.889. The molecule has 1 saturated heterocycles. The van der Waals surface area contributed by atoms with Gasteiger partial charge in [0.1, 0.15) is 0 Å². The highest BCUT2D eigenvalue weighted by Crippen LogP contribution is 2.14. The molecule has 0 atom stereocenters. The number of hydrogen-bond acceptors (Lipinski definition) is 3. The van der Waals surface area contributed by atoms with E-state index in [0.717, 1.165) is 12.8 Å². The van der Waals surface area contributed by atoms with E-state index in [4.69, 9.17) is 5.11 Å². The van der Waals surface area contributed by atoms with Gasteiger partial charge in [0.25, 0.3) is 0 Å². The third-order valence-corrected chi connectivity index (χ3v) is 4.46. The first kappa shape index (κ1) is 12.4. The Balaban J connectivity index is 2.28. The van der Waals surface area contributed by atoms with Gasteiger partial charge in [0.05, 0.1) is 5.75 Å². The molecule has 1 rings (SSSR count). The number of carboxylic acids is 1. The fourth-order valence-electron chi connectivity index (χ4n) is 1.66. The summed E-state index contributed by atoms with van der Waals surface area (Å²) in [7, 11) is -3.04. The molecule has 15 heavy (non-hydrogen) atoms. The standard InChI is InChI=1S/C9H17NO4S/c11-9(12)5-1-2-6-10-7-3-4-8-15(10,13)14/h1-8H2,(H,11,12). The van der Waals surface area contributed by atoms with Gasteiger partial charge in [-0.2, -0.15) is 0 Å². The molecule has 0 bridgehead atoms. The second-order valence-corrected chi connectivity index (χ2v) is 5.86. The molecule has 1 fully saturated rings. The van der Waals surface area contributed by atoms with Crippen molar-refractivity contribution in [1.82, 2.24) is 4.31 Å². The third-order valence-electron chi connectivity index (χ3n) is 2.50. The number of carboxylic acid groups (broad SMARTS) is 1. The van der Waals surface area contributed by atoms with Gasteiger partial charge >= 0.3 is 5.97 Å². The molecule has 0 aromatic heterocycles. The van der Waals surface area contributed by atoms with Crippen molar-refractivity contribution < 1.29 is 18.3 Å². The van der Waals surface area contributed by atoms with Crippen molar-refractivity contribution in [3.63, 3.8) is 0 Å². The van der Waals surface area contributed by atoms with Crippen molar-refractivity contribution in [2.24, 2.45) is 0 Å². The zero-order valence-corrected chi connectivity index (χ0v) is 9.50. The van der Waals surface area contributed by atoms with Crippen LogP contribution in [0.2, 0.25) is 0 Å². The number of sulfonamides is 1. The van der Waals surface area contributed by atoms with E-state index in [2.05, 4.69) is 0 Å². The molecule has 0 unspecified atom stereocenters. The van der Waals surface area contributed by atoms with E-state index in [9.17, 15) is 13.2 Å². The molecule has 0 amide bonds. The van der Waals surface area contributed by atoms with E-state index in [1.165, 1.54) is 4.31 Å². The first-order chi connectivity index (χ1) is 7.02. The average Bonchev–Trinajstić information content (AvgIpc) is 2.13. The van der Waals surface area contributed by atoms with Crippen molar-refractivity contribution in [1.29, 1.82) is 0 Å². The first-order valence-electron chi connectivity index (χ1n) is 5.22. The number of hydrogen-bond donors (Lipinski definition) is 1. The summed E-state index contributed by atoms with van der Waals surface area (Å²) in [5.74, 6) is -0.581. The normalized spacial score (nSPS) is 21.3. The molecule has 0 aromatic rings. The molecule has 5 nitrogen and oxygen atoms in total. The van der Waals surface area contributed by atoms with Gasteiger partial charge in [0, 0.05) is 19.5 Å². The average molecular weight is 235 g/mol. The Morgan fingerprint density at radius 3 is 2.60 bits per heavy atom. The van der Waals surface area contributed by atoms with E-state index in [1.807, 2.05) is 0 Å². The maximum absolute atomic E-state index is 11.5. The van der Waals surface area contributed by atoms with E-state index >= 15 is 0 Å². The monoisotopic (exact) mass is 235 g/mol. The number of unbranched alkanes of at least 4 members (excludes halogenated alkanes) is 1. The van der Waals surface area contributed by atoms with Crippen LogP contribution >= 0.6 is 0 Å². The molecule has 1 aliphatic rings. The first-order valence-corrected chi connectivity index (χ1v) is 6.83. The summed E-state index contributed by atoms with van der Waals surface area (Å²) in [5, 5.41) is 8.42. The van der Waals surface area contributed by atoms with Crippen LogP contribution in [0.3, 0.4) is 0 Å². The van der Waals surface area contributed by atoms with Crippen molar-refractivity contribution in [2.45, 2.75) is 32.1 Å². The Kier molecular flexibility index (Phi) is 4.53. The second kappa shape index (κ2) is 5.46. The number of carbonyl (C=O) groups is 1. The van der Waals surface area contributed by atoms with Gasteiger partial charge in [0.2, 0.25) is 10.0 Å². The molecule has 0 aliphatic carbocycles. The minimum absolute atomic E-state index is 0.119. The molecule has 0 aromatic carbocycles. The maximum atomic E-state index is 11.5. The van der Waals surface area contributed by atoms with Gasteiger partial charge in [-0.1, -0.05) is 0 Å². The third kappa shape index (κ3) is 4.17. The number of rotatable bonds is 5. The minimum atomic E-state index is -3.04. The largest absolute Gasteiger partial charge is 0.481 e. The quantitative estimate of drug-likeness (QED) is 0.711. The second-order valence-electron chi connectivity index (χ2n) is 3.77. The zero-order valence-electron chi connectivity index (χ0n) is 8.68. The predicted molar refractivity (Wildman–Crippen MR) is 56.1 cm³/mol. The lowest BCUT2D eigenvalue weighted by Gasteiger charge is -2.25. The zero-order chi connectivity index (χ0) is 11.3. The van der Waals surface area contributed by atoms with Crippen LogP contribution in [0.1, 0.15) is 32.1 Å².